The van der Waals surface area contributed by atoms with Crippen molar-refractivity contribution in [1.29, 1.82) is 0 Å². The first-order chi connectivity index (χ1) is 11.8. The Kier molecular flexibility index (Phi) is 4.75. The molecule has 0 bridgehead atoms. The summed E-state index contributed by atoms with van der Waals surface area (Å²) < 4.78 is 27.3. The molecule has 3 rings (SSSR count). The summed E-state index contributed by atoms with van der Waals surface area (Å²) in [5.74, 6) is -0.335. The van der Waals surface area contributed by atoms with Crippen LogP contribution in [-0.4, -0.2) is 26.9 Å². The van der Waals surface area contributed by atoms with Crippen molar-refractivity contribution in [3.05, 3.63) is 47.5 Å². The maximum absolute atomic E-state index is 13.1. The number of fused-ring (bicyclic) bond motifs is 3. The lowest BCUT2D eigenvalue weighted by atomic mass is 10.0. The van der Waals surface area contributed by atoms with E-state index in [4.69, 9.17) is 11.6 Å². The van der Waals surface area contributed by atoms with Crippen LogP contribution in [0, 0.1) is 0 Å². The smallest absolute Gasteiger partial charge is 0.265 e. The van der Waals surface area contributed by atoms with Gasteiger partial charge in [-0.15, -0.1) is 0 Å². The Hall–Kier alpha value is -2.05. The zero-order chi connectivity index (χ0) is 18.2. The average Bonchev–Trinajstić information content (AvgIpc) is 2.59. The fourth-order valence-electron chi connectivity index (χ4n) is 2.83. The van der Waals surface area contributed by atoms with Gasteiger partial charge in [-0.1, -0.05) is 36.7 Å². The van der Waals surface area contributed by atoms with Crippen LogP contribution in [0.4, 0.5) is 5.69 Å². The quantitative estimate of drug-likeness (QED) is 0.886. The van der Waals surface area contributed by atoms with Crippen LogP contribution in [-0.2, 0) is 14.8 Å². The van der Waals surface area contributed by atoms with E-state index in [2.05, 4.69) is 5.32 Å². The molecule has 25 heavy (non-hydrogen) atoms. The molecule has 1 heterocycles. The topological polar surface area (TPSA) is 66.5 Å². The molecule has 1 aliphatic heterocycles. The summed E-state index contributed by atoms with van der Waals surface area (Å²) in [5, 5.41) is 3.32. The summed E-state index contributed by atoms with van der Waals surface area (Å²) in [6, 6.07) is 11.7. The number of sulfonamides is 1. The fraction of sp³-hybridized carbons (Fsp3) is 0.278. The molecule has 7 heteroatoms. The molecular weight excluding hydrogens is 360 g/mol. The molecule has 5 nitrogen and oxygen atoms in total. The number of amides is 1. The Bertz CT molecular complexity index is 928. The minimum Gasteiger partial charge on any atom is -0.352 e. The van der Waals surface area contributed by atoms with Crippen LogP contribution in [0.25, 0.3) is 11.1 Å². The van der Waals surface area contributed by atoms with E-state index in [1.54, 1.807) is 42.5 Å². The highest BCUT2D eigenvalue weighted by Crippen LogP contribution is 2.43. The van der Waals surface area contributed by atoms with Crippen molar-refractivity contribution in [3.8, 4) is 11.1 Å². The molecule has 0 spiro atoms. The second kappa shape index (κ2) is 6.69. The van der Waals surface area contributed by atoms with Gasteiger partial charge in [-0.3, -0.25) is 9.10 Å². The van der Waals surface area contributed by atoms with E-state index in [-0.39, 0.29) is 23.4 Å². The molecular formula is C18H19ClN2O3S. The zero-order valence-electron chi connectivity index (χ0n) is 14.0. The lowest BCUT2D eigenvalue weighted by molar-refractivity contribution is -0.120. The van der Waals surface area contributed by atoms with Gasteiger partial charge in [0.1, 0.15) is 6.54 Å². The molecule has 2 aromatic carbocycles. The summed E-state index contributed by atoms with van der Waals surface area (Å²) in [6.07, 6.45) is 0.771. The van der Waals surface area contributed by atoms with Crippen LogP contribution in [0.15, 0.2) is 47.4 Å². The van der Waals surface area contributed by atoms with Gasteiger partial charge >= 0.3 is 0 Å². The molecule has 0 unspecified atom stereocenters. The summed E-state index contributed by atoms with van der Waals surface area (Å²) in [7, 11) is -3.82. The molecule has 1 N–H and O–H groups in total. The first kappa shape index (κ1) is 17.8. The van der Waals surface area contributed by atoms with Crippen molar-refractivity contribution < 1.29 is 13.2 Å². The Morgan fingerprint density at radius 2 is 1.92 bits per heavy atom. The van der Waals surface area contributed by atoms with Crippen molar-refractivity contribution >= 4 is 33.2 Å². The molecule has 1 atom stereocenters. The Labute approximate surface area is 152 Å². The Morgan fingerprint density at radius 3 is 2.64 bits per heavy atom. The van der Waals surface area contributed by atoms with Gasteiger partial charge in [0, 0.05) is 22.2 Å². The van der Waals surface area contributed by atoms with Crippen molar-refractivity contribution in [2.24, 2.45) is 0 Å². The SMILES string of the molecule is CC[C@@H](C)NC(=O)CN1c2ccc(Cl)cc2-c2ccccc2S1(=O)=O. The second-order valence-electron chi connectivity index (χ2n) is 6.05. The number of halogens is 1. The van der Waals surface area contributed by atoms with Crippen LogP contribution < -0.4 is 9.62 Å². The van der Waals surface area contributed by atoms with Gasteiger partial charge in [0.15, 0.2) is 0 Å². The highest BCUT2D eigenvalue weighted by molar-refractivity contribution is 7.93. The van der Waals surface area contributed by atoms with E-state index in [0.717, 1.165) is 10.7 Å². The average molecular weight is 379 g/mol. The number of nitrogens with one attached hydrogen (secondary N) is 1. The molecule has 2 aromatic rings. The van der Waals surface area contributed by atoms with Gasteiger partial charge in [-0.2, -0.15) is 0 Å². The van der Waals surface area contributed by atoms with E-state index in [0.29, 0.717) is 21.8 Å². The third-order valence-electron chi connectivity index (χ3n) is 4.28. The van der Waals surface area contributed by atoms with E-state index in [9.17, 15) is 13.2 Å². The number of hydrogen-bond donors (Lipinski definition) is 1. The number of benzene rings is 2. The first-order valence-electron chi connectivity index (χ1n) is 8.05. The van der Waals surface area contributed by atoms with Crippen LogP contribution in [0.3, 0.4) is 0 Å². The lowest BCUT2D eigenvalue weighted by Gasteiger charge is -2.32. The molecule has 0 aliphatic carbocycles. The van der Waals surface area contributed by atoms with Crippen molar-refractivity contribution in [3.63, 3.8) is 0 Å². The maximum Gasteiger partial charge on any atom is 0.265 e. The van der Waals surface area contributed by atoms with Gasteiger partial charge in [0.2, 0.25) is 5.91 Å². The summed E-state index contributed by atoms with van der Waals surface area (Å²) in [5.41, 5.74) is 1.76. The van der Waals surface area contributed by atoms with Gasteiger partial charge in [-0.05, 0) is 37.6 Å². The summed E-state index contributed by atoms with van der Waals surface area (Å²) in [6.45, 7) is 3.57. The molecule has 132 valence electrons. The maximum atomic E-state index is 13.1. The number of anilines is 1. The van der Waals surface area contributed by atoms with Crippen molar-refractivity contribution in [2.75, 3.05) is 10.8 Å². The summed E-state index contributed by atoms with van der Waals surface area (Å²) >= 11 is 6.11. The van der Waals surface area contributed by atoms with E-state index >= 15 is 0 Å². The minimum absolute atomic E-state index is 0.0167. The molecule has 0 fully saturated rings. The minimum atomic E-state index is -3.82. The Balaban J connectivity index is 2.09. The number of hydrogen-bond acceptors (Lipinski definition) is 3. The van der Waals surface area contributed by atoms with Crippen molar-refractivity contribution in [2.45, 2.75) is 31.2 Å². The van der Waals surface area contributed by atoms with Gasteiger partial charge in [0.05, 0.1) is 10.6 Å². The number of carbonyl (C=O) groups excluding carboxylic acids is 1. The molecule has 1 amide bonds. The molecule has 0 saturated carbocycles. The third-order valence-corrected chi connectivity index (χ3v) is 6.33. The van der Waals surface area contributed by atoms with E-state index in [1.807, 2.05) is 13.8 Å². The lowest BCUT2D eigenvalue weighted by Crippen LogP contribution is -2.44. The van der Waals surface area contributed by atoms with E-state index < -0.39 is 10.0 Å². The summed E-state index contributed by atoms with van der Waals surface area (Å²) in [4.78, 5) is 12.5. The van der Waals surface area contributed by atoms with Crippen LogP contribution in [0.5, 0.6) is 0 Å². The first-order valence-corrected chi connectivity index (χ1v) is 9.87. The highest BCUT2D eigenvalue weighted by atomic mass is 35.5. The predicted octanol–water partition coefficient (Wildman–Crippen LogP) is 3.43. The van der Waals surface area contributed by atoms with Crippen LogP contribution in [0.1, 0.15) is 20.3 Å². The monoisotopic (exact) mass is 378 g/mol. The van der Waals surface area contributed by atoms with Gasteiger partial charge in [0.25, 0.3) is 10.0 Å². The van der Waals surface area contributed by atoms with Crippen molar-refractivity contribution in [1.82, 2.24) is 5.32 Å². The largest absolute Gasteiger partial charge is 0.352 e. The number of carbonyl (C=O) groups is 1. The van der Waals surface area contributed by atoms with Crippen LogP contribution >= 0.6 is 11.6 Å². The Morgan fingerprint density at radius 1 is 1.20 bits per heavy atom. The second-order valence-corrected chi connectivity index (χ2v) is 8.31. The molecule has 0 aromatic heterocycles. The van der Waals surface area contributed by atoms with Gasteiger partial charge < -0.3 is 5.32 Å². The highest BCUT2D eigenvalue weighted by Gasteiger charge is 2.35. The molecule has 0 radical (unpaired) electrons. The zero-order valence-corrected chi connectivity index (χ0v) is 15.6. The number of nitrogens with zero attached hydrogens (tertiary/aromatic N) is 1. The predicted molar refractivity (Wildman–Crippen MR) is 99.3 cm³/mol. The standard InChI is InChI=1S/C18H19ClN2O3S/c1-3-12(2)20-18(22)11-21-16-9-8-13(19)10-15(16)14-6-4-5-7-17(14)25(21,23)24/h4-10,12H,3,11H2,1-2H3,(H,20,22)/t12-/m1/s1. The molecule has 0 saturated heterocycles. The normalized spacial score (nSPS) is 15.9. The van der Waals surface area contributed by atoms with Crippen LogP contribution in [0.2, 0.25) is 5.02 Å². The molecule has 1 aliphatic rings. The number of rotatable bonds is 4. The van der Waals surface area contributed by atoms with E-state index in [1.165, 1.54) is 0 Å². The fourth-order valence-corrected chi connectivity index (χ4v) is 4.65. The van der Waals surface area contributed by atoms with Gasteiger partial charge in [-0.25, -0.2) is 8.42 Å². The third kappa shape index (κ3) is 3.24.